The van der Waals surface area contributed by atoms with Crippen LogP contribution in [0.25, 0.3) is 11.4 Å². The number of benzene rings is 2. The molecule has 0 bridgehead atoms. The van der Waals surface area contributed by atoms with E-state index in [9.17, 15) is 4.79 Å². The molecule has 2 N–H and O–H groups in total. The van der Waals surface area contributed by atoms with Gasteiger partial charge in [-0.3, -0.25) is 14.5 Å². The Labute approximate surface area is 175 Å². The van der Waals surface area contributed by atoms with E-state index in [1.165, 1.54) is 5.56 Å². The molecule has 3 rings (SSSR count). The number of carbonyl (C=O) groups excluding carboxylic acids is 1. The molecule has 0 unspecified atom stereocenters. The highest BCUT2D eigenvalue weighted by atomic mass is 32.1. The molecule has 7 heteroatoms. The third-order valence-corrected chi connectivity index (χ3v) is 4.68. The monoisotopic (exact) mass is 410 g/mol. The van der Waals surface area contributed by atoms with Crippen LogP contribution in [-0.4, -0.2) is 27.3 Å². The maximum Gasteiger partial charge on any atom is 0.226 e. The lowest BCUT2D eigenvalue weighted by atomic mass is 10.1. The minimum absolute atomic E-state index is 0.108. The summed E-state index contributed by atoms with van der Waals surface area (Å²) >= 11 is 5.35. The fourth-order valence-electron chi connectivity index (χ4n) is 2.83. The summed E-state index contributed by atoms with van der Waals surface area (Å²) in [6, 6.07) is 15.5. The Morgan fingerprint density at radius 2 is 1.93 bits per heavy atom. The van der Waals surface area contributed by atoms with E-state index in [0.717, 1.165) is 11.4 Å². The summed E-state index contributed by atoms with van der Waals surface area (Å²) in [7, 11) is 0. The van der Waals surface area contributed by atoms with Crippen LogP contribution in [0.5, 0.6) is 5.75 Å². The molecule has 1 heterocycles. The first kappa shape index (κ1) is 20.8. The third-order valence-electron chi connectivity index (χ3n) is 4.36. The number of ether oxygens (including phenoxy) is 1. The van der Waals surface area contributed by atoms with Crippen molar-refractivity contribution in [2.24, 2.45) is 5.92 Å². The molecule has 0 aliphatic heterocycles. The SMILES string of the molecule is Cc1ccc(-c2n[nH]c(=S)n2CCC(=O)Nc2ccccc2OCC(C)C)cc1. The number of aryl methyl sites for hydroxylation is 1. The first-order valence-corrected chi connectivity index (χ1v) is 10.1. The van der Waals surface area contributed by atoms with Crippen LogP contribution >= 0.6 is 12.2 Å². The van der Waals surface area contributed by atoms with Crippen molar-refractivity contribution in [1.82, 2.24) is 14.8 Å². The number of hydrogen-bond acceptors (Lipinski definition) is 4. The van der Waals surface area contributed by atoms with Gasteiger partial charge in [-0.2, -0.15) is 5.10 Å². The lowest BCUT2D eigenvalue weighted by Gasteiger charge is -2.14. The summed E-state index contributed by atoms with van der Waals surface area (Å²) in [6.45, 7) is 7.23. The van der Waals surface area contributed by atoms with Crippen molar-refractivity contribution in [3.63, 3.8) is 0 Å². The molecule has 0 aliphatic carbocycles. The van der Waals surface area contributed by atoms with Gasteiger partial charge in [0.05, 0.1) is 12.3 Å². The van der Waals surface area contributed by atoms with Gasteiger partial charge in [-0.25, -0.2) is 0 Å². The first-order valence-electron chi connectivity index (χ1n) is 9.68. The van der Waals surface area contributed by atoms with Gasteiger partial charge in [0.1, 0.15) is 5.75 Å². The number of nitrogens with one attached hydrogen (secondary N) is 2. The Bertz CT molecular complexity index is 1020. The number of H-pyrrole nitrogens is 1. The molecule has 0 radical (unpaired) electrons. The lowest BCUT2D eigenvalue weighted by Crippen LogP contribution is -2.16. The Kier molecular flexibility index (Phi) is 6.82. The zero-order valence-corrected chi connectivity index (χ0v) is 17.8. The van der Waals surface area contributed by atoms with E-state index < -0.39 is 0 Å². The number of aromatic nitrogens is 3. The quantitative estimate of drug-likeness (QED) is 0.514. The highest BCUT2D eigenvalue weighted by molar-refractivity contribution is 7.71. The highest BCUT2D eigenvalue weighted by Crippen LogP contribution is 2.25. The van der Waals surface area contributed by atoms with E-state index in [0.29, 0.717) is 35.3 Å². The Morgan fingerprint density at radius 3 is 2.66 bits per heavy atom. The molecule has 0 atom stereocenters. The van der Waals surface area contributed by atoms with Crippen molar-refractivity contribution in [1.29, 1.82) is 0 Å². The maximum absolute atomic E-state index is 12.6. The summed E-state index contributed by atoms with van der Waals surface area (Å²) in [5, 5.41) is 10.1. The second-order valence-electron chi connectivity index (χ2n) is 7.37. The van der Waals surface area contributed by atoms with Gasteiger partial charge >= 0.3 is 0 Å². The van der Waals surface area contributed by atoms with Gasteiger partial charge in [-0.15, -0.1) is 0 Å². The minimum atomic E-state index is -0.108. The summed E-state index contributed by atoms with van der Waals surface area (Å²) in [4.78, 5) is 12.6. The van der Waals surface area contributed by atoms with Crippen LogP contribution in [-0.2, 0) is 11.3 Å². The molecule has 1 amide bonds. The number of nitrogens with zero attached hydrogens (tertiary/aromatic N) is 2. The molecule has 152 valence electrons. The van der Waals surface area contributed by atoms with Crippen molar-refractivity contribution < 1.29 is 9.53 Å². The number of para-hydroxylation sites is 2. The Hall–Kier alpha value is -2.93. The molecule has 0 saturated carbocycles. The smallest absolute Gasteiger partial charge is 0.226 e. The number of rotatable bonds is 8. The molecule has 0 spiro atoms. The van der Waals surface area contributed by atoms with E-state index in [2.05, 4.69) is 29.4 Å². The standard InChI is InChI=1S/C22H26N4O2S/c1-15(2)14-28-19-7-5-4-6-18(19)23-20(27)12-13-26-21(24-25-22(26)29)17-10-8-16(3)9-11-17/h4-11,15H,12-14H2,1-3H3,(H,23,27)(H,25,29). The van der Waals surface area contributed by atoms with E-state index in [1.54, 1.807) is 0 Å². The molecule has 1 aromatic heterocycles. The van der Waals surface area contributed by atoms with Crippen LogP contribution in [0.2, 0.25) is 0 Å². The lowest BCUT2D eigenvalue weighted by molar-refractivity contribution is -0.116. The van der Waals surface area contributed by atoms with Crippen molar-refractivity contribution in [3.8, 4) is 17.1 Å². The minimum Gasteiger partial charge on any atom is -0.491 e. The second kappa shape index (κ2) is 9.52. The van der Waals surface area contributed by atoms with E-state index in [1.807, 2.05) is 60.0 Å². The highest BCUT2D eigenvalue weighted by Gasteiger charge is 2.12. The summed E-state index contributed by atoms with van der Waals surface area (Å²) < 4.78 is 8.15. The Morgan fingerprint density at radius 1 is 1.21 bits per heavy atom. The van der Waals surface area contributed by atoms with Gasteiger partial charge in [-0.05, 0) is 37.2 Å². The molecule has 6 nitrogen and oxygen atoms in total. The van der Waals surface area contributed by atoms with Crippen molar-refractivity contribution in [2.75, 3.05) is 11.9 Å². The van der Waals surface area contributed by atoms with E-state index in [-0.39, 0.29) is 12.3 Å². The molecular formula is C22H26N4O2S. The fourth-order valence-corrected chi connectivity index (χ4v) is 3.05. The molecule has 29 heavy (non-hydrogen) atoms. The molecule has 3 aromatic rings. The van der Waals surface area contributed by atoms with Crippen LogP contribution < -0.4 is 10.1 Å². The fraction of sp³-hybridized carbons (Fsp3) is 0.318. The number of amides is 1. The summed E-state index contributed by atoms with van der Waals surface area (Å²) in [6.07, 6.45) is 0.269. The zero-order chi connectivity index (χ0) is 20.8. The van der Waals surface area contributed by atoms with Crippen LogP contribution in [0.4, 0.5) is 5.69 Å². The average molecular weight is 411 g/mol. The summed E-state index contributed by atoms with van der Waals surface area (Å²) in [5.74, 6) is 1.70. The van der Waals surface area contributed by atoms with E-state index >= 15 is 0 Å². The molecule has 2 aromatic carbocycles. The number of carbonyl (C=O) groups is 1. The van der Waals surface area contributed by atoms with Crippen LogP contribution in [0.1, 0.15) is 25.8 Å². The molecule has 0 saturated heterocycles. The van der Waals surface area contributed by atoms with Gasteiger partial charge in [0.15, 0.2) is 10.6 Å². The average Bonchev–Trinajstić information content (AvgIpc) is 3.06. The predicted molar refractivity (Wildman–Crippen MR) is 118 cm³/mol. The van der Waals surface area contributed by atoms with Gasteiger partial charge in [0.25, 0.3) is 0 Å². The third kappa shape index (κ3) is 5.54. The largest absolute Gasteiger partial charge is 0.491 e. The molecular weight excluding hydrogens is 384 g/mol. The molecule has 0 aliphatic rings. The number of anilines is 1. The van der Waals surface area contributed by atoms with Crippen LogP contribution in [0, 0.1) is 17.6 Å². The Balaban J connectivity index is 1.67. The molecule has 0 fully saturated rings. The van der Waals surface area contributed by atoms with Crippen molar-refractivity contribution >= 4 is 23.8 Å². The van der Waals surface area contributed by atoms with Crippen LogP contribution in [0.15, 0.2) is 48.5 Å². The van der Waals surface area contributed by atoms with Gasteiger partial charge in [-0.1, -0.05) is 55.8 Å². The number of aromatic amines is 1. The maximum atomic E-state index is 12.6. The summed E-state index contributed by atoms with van der Waals surface area (Å²) in [5.41, 5.74) is 2.80. The topological polar surface area (TPSA) is 71.9 Å². The van der Waals surface area contributed by atoms with Gasteiger partial charge in [0.2, 0.25) is 5.91 Å². The first-order chi connectivity index (χ1) is 13.9. The van der Waals surface area contributed by atoms with E-state index in [4.69, 9.17) is 17.0 Å². The van der Waals surface area contributed by atoms with Crippen molar-refractivity contribution in [3.05, 3.63) is 58.9 Å². The number of hydrogen-bond donors (Lipinski definition) is 2. The predicted octanol–water partition coefficient (Wildman–Crippen LogP) is 4.98. The second-order valence-corrected chi connectivity index (χ2v) is 7.76. The van der Waals surface area contributed by atoms with Gasteiger partial charge in [0, 0.05) is 18.5 Å². The van der Waals surface area contributed by atoms with Crippen molar-refractivity contribution in [2.45, 2.75) is 33.7 Å². The van der Waals surface area contributed by atoms with Crippen LogP contribution in [0.3, 0.4) is 0 Å². The zero-order valence-electron chi connectivity index (χ0n) is 16.9. The van der Waals surface area contributed by atoms with Gasteiger partial charge < -0.3 is 10.1 Å². The normalized spacial score (nSPS) is 10.9.